The molecule has 94 valence electrons. The molecule has 0 aliphatic rings. The van der Waals surface area contributed by atoms with Crippen molar-refractivity contribution in [2.45, 2.75) is 19.6 Å². The molecule has 4 N–H and O–H groups in total. The van der Waals surface area contributed by atoms with Crippen LogP contribution in [0, 0.1) is 0 Å². The number of nitrogens with one attached hydrogen (secondary N) is 1. The summed E-state index contributed by atoms with van der Waals surface area (Å²) < 4.78 is 5.09. The molecule has 1 rings (SSSR count). The largest absolute Gasteiger partial charge is 0.394 e. The first-order valence-electron chi connectivity index (χ1n) is 5.49. The second-order valence-electron chi connectivity index (χ2n) is 3.63. The number of aliphatic hydroxyl groups excluding tert-OH is 1. The van der Waals surface area contributed by atoms with Crippen LogP contribution in [-0.2, 0) is 16.1 Å². The third-order valence-corrected chi connectivity index (χ3v) is 2.26. The Morgan fingerprint density at radius 2 is 2.35 bits per heavy atom. The second kappa shape index (κ2) is 7.01. The van der Waals surface area contributed by atoms with E-state index in [9.17, 15) is 4.79 Å². The molecular weight excluding hydrogens is 220 g/mol. The Morgan fingerprint density at radius 1 is 1.59 bits per heavy atom. The van der Waals surface area contributed by atoms with Gasteiger partial charge in [-0.15, -0.1) is 0 Å². The minimum absolute atomic E-state index is 0.0969. The predicted molar refractivity (Wildman–Crippen MR) is 65.5 cm³/mol. The fourth-order valence-electron chi connectivity index (χ4n) is 1.33. The minimum atomic E-state index is -0.594. The van der Waals surface area contributed by atoms with Gasteiger partial charge in [-0.25, -0.2) is 0 Å². The average Bonchev–Trinajstić information content (AvgIpc) is 2.36. The quantitative estimate of drug-likeness (QED) is 0.673. The van der Waals surface area contributed by atoms with Crippen LogP contribution in [-0.4, -0.2) is 30.3 Å². The van der Waals surface area contributed by atoms with E-state index in [0.717, 1.165) is 5.56 Å². The summed E-state index contributed by atoms with van der Waals surface area (Å²) in [7, 11) is 0. The van der Waals surface area contributed by atoms with Crippen molar-refractivity contribution in [2.24, 2.45) is 5.73 Å². The van der Waals surface area contributed by atoms with E-state index in [1.54, 1.807) is 13.0 Å². The molecule has 0 aliphatic carbocycles. The molecule has 1 aromatic rings. The van der Waals surface area contributed by atoms with Gasteiger partial charge in [0.25, 0.3) is 5.91 Å². The Labute approximate surface area is 101 Å². The van der Waals surface area contributed by atoms with Crippen LogP contribution in [0.4, 0.5) is 5.69 Å². The maximum atomic E-state index is 11.7. The molecule has 17 heavy (non-hydrogen) atoms. The van der Waals surface area contributed by atoms with Gasteiger partial charge < -0.3 is 20.9 Å². The third-order valence-electron chi connectivity index (χ3n) is 2.26. The molecule has 1 atom stereocenters. The first kappa shape index (κ1) is 13.6. The van der Waals surface area contributed by atoms with Crippen LogP contribution in [0.2, 0.25) is 0 Å². The molecule has 0 radical (unpaired) electrons. The highest BCUT2D eigenvalue weighted by Gasteiger charge is 2.12. The van der Waals surface area contributed by atoms with Gasteiger partial charge in [-0.1, -0.05) is 12.1 Å². The van der Waals surface area contributed by atoms with Gasteiger partial charge in [0.1, 0.15) is 6.10 Å². The van der Waals surface area contributed by atoms with Crippen LogP contribution in [0.25, 0.3) is 0 Å². The Hall–Kier alpha value is -1.43. The molecule has 0 fully saturated rings. The number of hydrogen-bond donors (Lipinski definition) is 3. The summed E-state index contributed by atoms with van der Waals surface area (Å²) in [5.41, 5.74) is 7.15. The summed E-state index contributed by atoms with van der Waals surface area (Å²) in [6.07, 6.45) is -0.594. The summed E-state index contributed by atoms with van der Waals surface area (Å²) >= 11 is 0. The number of amides is 1. The van der Waals surface area contributed by atoms with Gasteiger partial charge in [-0.3, -0.25) is 4.79 Å². The zero-order chi connectivity index (χ0) is 12.7. The van der Waals surface area contributed by atoms with E-state index in [4.69, 9.17) is 15.6 Å². The van der Waals surface area contributed by atoms with E-state index < -0.39 is 6.10 Å². The van der Waals surface area contributed by atoms with Crippen molar-refractivity contribution < 1.29 is 14.6 Å². The number of benzene rings is 1. The smallest absolute Gasteiger partial charge is 0.253 e. The molecule has 1 amide bonds. The fourth-order valence-corrected chi connectivity index (χ4v) is 1.33. The molecule has 0 saturated carbocycles. The van der Waals surface area contributed by atoms with E-state index in [0.29, 0.717) is 12.2 Å². The first-order chi connectivity index (χ1) is 8.17. The molecule has 0 aromatic heterocycles. The molecule has 5 heteroatoms. The Balaban J connectivity index is 2.54. The van der Waals surface area contributed by atoms with E-state index >= 15 is 0 Å². The number of aliphatic hydroxyl groups is 1. The van der Waals surface area contributed by atoms with Gasteiger partial charge in [-0.05, 0) is 24.6 Å². The van der Waals surface area contributed by atoms with Crippen LogP contribution < -0.4 is 11.1 Å². The van der Waals surface area contributed by atoms with Crippen molar-refractivity contribution in [3.63, 3.8) is 0 Å². The maximum absolute atomic E-state index is 11.7. The van der Waals surface area contributed by atoms with Crippen molar-refractivity contribution in [3.8, 4) is 0 Å². The highest BCUT2D eigenvalue weighted by molar-refractivity contribution is 5.93. The van der Waals surface area contributed by atoms with Gasteiger partial charge >= 0.3 is 0 Å². The second-order valence-corrected chi connectivity index (χ2v) is 3.63. The molecule has 0 heterocycles. The lowest BCUT2D eigenvalue weighted by Crippen LogP contribution is -2.28. The van der Waals surface area contributed by atoms with Crippen molar-refractivity contribution in [1.82, 2.24) is 0 Å². The summed E-state index contributed by atoms with van der Waals surface area (Å²) in [6, 6.07) is 7.32. The van der Waals surface area contributed by atoms with Crippen molar-refractivity contribution in [3.05, 3.63) is 29.8 Å². The monoisotopic (exact) mass is 238 g/mol. The van der Waals surface area contributed by atoms with Crippen LogP contribution in [0.3, 0.4) is 0 Å². The van der Waals surface area contributed by atoms with Crippen molar-refractivity contribution in [2.75, 3.05) is 18.5 Å². The zero-order valence-corrected chi connectivity index (χ0v) is 9.85. The molecule has 0 bridgehead atoms. The summed E-state index contributed by atoms with van der Waals surface area (Å²) in [5.74, 6) is -0.243. The van der Waals surface area contributed by atoms with Crippen molar-refractivity contribution in [1.29, 1.82) is 0 Å². The molecule has 1 unspecified atom stereocenters. The topological polar surface area (TPSA) is 84.6 Å². The van der Waals surface area contributed by atoms with Crippen LogP contribution in [0.15, 0.2) is 24.3 Å². The molecule has 5 nitrogen and oxygen atoms in total. The Morgan fingerprint density at radius 3 is 3.00 bits per heavy atom. The van der Waals surface area contributed by atoms with Gasteiger partial charge in [0.15, 0.2) is 0 Å². The SMILES string of the molecule is CC(OCCO)C(=O)Nc1cccc(CN)c1. The highest BCUT2D eigenvalue weighted by atomic mass is 16.5. The van der Waals surface area contributed by atoms with Gasteiger partial charge in [0, 0.05) is 12.2 Å². The number of ether oxygens (including phenoxy) is 1. The standard InChI is InChI=1S/C12H18N2O3/c1-9(17-6-5-15)12(16)14-11-4-2-3-10(7-11)8-13/h2-4,7,9,15H,5-6,8,13H2,1H3,(H,14,16). The summed E-state index contributed by atoms with van der Waals surface area (Å²) in [5, 5.41) is 11.3. The van der Waals surface area contributed by atoms with Gasteiger partial charge in [-0.2, -0.15) is 0 Å². The molecule has 0 saturated heterocycles. The lowest BCUT2D eigenvalue weighted by atomic mass is 10.2. The van der Waals surface area contributed by atoms with E-state index in [2.05, 4.69) is 5.32 Å². The number of nitrogens with two attached hydrogens (primary N) is 1. The number of hydrogen-bond acceptors (Lipinski definition) is 4. The normalized spacial score (nSPS) is 12.2. The number of carbonyl (C=O) groups excluding carboxylic acids is 1. The van der Waals surface area contributed by atoms with E-state index in [-0.39, 0.29) is 19.1 Å². The molecule has 0 spiro atoms. The van der Waals surface area contributed by atoms with Gasteiger partial charge in [0.05, 0.1) is 13.2 Å². The lowest BCUT2D eigenvalue weighted by molar-refractivity contribution is -0.126. The molecule has 1 aromatic carbocycles. The fraction of sp³-hybridized carbons (Fsp3) is 0.417. The lowest BCUT2D eigenvalue weighted by Gasteiger charge is -2.13. The number of anilines is 1. The minimum Gasteiger partial charge on any atom is -0.394 e. The predicted octanol–water partition coefficient (Wildman–Crippen LogP) is 0.481. The number of carbonyl (C=O) groups is 1. The van der Waals surface area contributed by atoms with E-state index in [1.165, 1.54) is 0 Å². The first-order valence-corrected chi connectivity index (χ1v) is 5.49. The van der Waals surface area contributed by atoms with E-state index in [1.807, 2.05) is 18.2 Å². The highest BCUT2D eigenvalue weighted by Crippen LogP contribution is 2.10. The molecular formula is C12H18N2O3. The zero-order valence-electron chi connectivity index (χ0n) is 9.85. The average molecular weight is 238 g/mol. The van der Waals surface area contributed by atoms with Crippen LogP contribution in [0.5, 0.6) is 0 Å². The van der Waals surface area contributed by atoms with Crippen LogP contribution >= 0.6 is 0 Å². The molecule has 0 aliphatic heterocycles. The number of rotatable bonds is 6. The maximum Gasteiger partial charge on any atom is 0.253 e. The summed E-state index contributed by atoms with van der Waals surface area (Å²) in [6.45, 7) is 2.12. The summed E-state index contributed by atoms with van der Waals surface area (Å²) in [4.78, 5) is 11.7. The van der Waals surface area contributed by atoms with Gasteiger partial charge in [0.2, 0.25) is 0 Å². The van der Waals surface area contributed by atoms with Crippen molar-refractivity contribution >= 4 is 11.6 Å². The Kier molecular flexibility index (Phi) is 5.62. The Bertz CT molecular complexity index is 369. The van der Waals surface area contributed by atoms with Crippen LogP contribution in [0.1, 0.15) is 12.5 Å². The third kappa shape index (κ3) is 4.52.